The van der Waals surface area contributed by atoms with E-state index in [2.05, 4.69) is 17.0 Å². The molecule has 4 rings (SSSR count). The van der Waals surface area contributed by atoms with E-state index >= 15 is 0 Å². The van der Waals surface area contributed by atoms with Crippen LogP contribution < -0.4 is 15.1 Å². The Bertz CT molecular complexity index is 1080. The first-order valence-corrected chi connectivity index (χ1v) is 9.94. The minimum absolute atomic E-state index is 0.206. The van der Waals surface area contributed by atoms with Crippen LogP contribution in [0, 0.1) is 0 Å². The molecule has 2 aromatic carbocycles. The molecule has 1 fully saturated rings. The number of carbonyl (C=O) groups excluding carboxylic acids is 1. The van der Waals surface area contributed by atoms with Crippen LogP contribution in [0.5, 0.6) is 5.75 Å². The summed E-state index contributed by atoms with van der Waals surface area (Å²) in [5.74, 6) is 0.431. The highest BCUT2D eigenvalue weighted by atomic mass is 16.5. The predicted molar refractivity (Wildman–Crippen MR) is 115 cm³/mol. The number of pyridine rings is 1. The first kappa shape index (κ1) is 19.1. The molecule has 0 N–H and O–H groups in total. The highest BCUT2D eigenvalue weighted by Gasteiger charge is 2.25. The van der Waals surface area contributed by atoms with E-state index in [9.17, 15) is 9.59 Å². The van der Waals surface area contributed by atoms with E-state index in [-0.39, 0.29) is 16.9 Å². The second-order valence-corrected chi connectivity index (χ2v) is 7.21. The molecule has 0 bridgehead atoms. The number of hydrogen-bond acceptors (Lipinski definition) is 4. The van der Waals surface area contributed by atoms with Gasteiger partial charge in [0.1, 0.15) is 11.3 Å². The van der Waals surface area contributed by atoms with Gasteiger partial charge in [0.25, 0.3) is 5.91 Å². The van der Waals surface area contributed by atoms with Gasteiger partial charge in [-0.15, -0.1) is 0 Å². The summed E-state index contributed by atoms with van der Waals surface area (Å²) >= 11 is 0. The molecule has 6 heteroatoms. The molecule has 0 atom stereocenters. The van der Waals surface area contributed by atoms with Gasteiger partial charge in [-0.05, 0) is 37.3 Å². The molecule has 1 saturated heterocycles. The fourth-order valence-electron chi connectivity index (χ4n) is 3.86. The van der Waals surface area contributed by atoms with Crippen LogP contribution in [0.15, 0.2) is 59.5 Å². The summed E-state index contributed by atoms with van der Waals surface area (Å²) in [6.45, 7) is 5.10. The molecule has 0 saturated carbocycles. The molecule has 150 valence electrons. The molecule has 3 aromatic rings. The molecule has 1 aliphatic heterocycles. The van der Waals surface area contributed by atoms with Crippen LogP contribution in [-0.4, -0.2) is 48.2 Å². The van der Waals surface area contributed by atoms with Crippen molar-refractivity contribution in [1.82, 2.24) is 9.47 Å². The molecule has 1 amide bonds. The topological polar surface area (TPSA) is 54.8 Å². The normalized spacial score (nSPS) is 14.3. The van der Waals surface area contributed by atoms with E-state index in [0.717, 1.165) is 24.3 Å². The third-order valence-corrected chi connectivity index (χ3v) is 5.39. The maximum absolute atomic E-state index is 13.1. The molecule has 1 aliphatic rings. The Kier molecular flexibility index (Phi) is 5.25. The van der Waals surface area contributed by atoms with E-state index in [1.807, 2.05) is 48.9 Å². The van der Waals surface area contributed by atoms with Crippen molar-refractivity contribution < 1.29 is 9.53 Å². The number of para-hydroxylation sites is 1. The van der Waals surface area contributed by atoms with Crippen molar-refractivity contribution in [3.8, 4) is 5.75 Å². The van der Waals surface area contributed by atoms with Gasteiger partial charge < -0.3 is 19.1 Å². The van der Waals surface area contributed by atoms with Crippen molar-refractivity contribution in [3.05, 3.63) is 70.5 Å². The van der Waals surface area contributed by atoms with E-state index < -0.39 is 0 Å². The third kappa shape index (κ3) is 3.70. The van der Waals surface area contributed by atoms with Crippen LogP contribution in [-0.2, 0) is 7.05 Å². The predicted octanol–water partition coefficient (Wildman–Crippen LogP) is 2.90. The minimum atomic E-state index is -0.241. The lowest BCUT2D eigenvalue weighted by atomic mass is 10.1. The Morgan fingerprint density at radius 3 is 2.45 bits per heavy atom. The largest absolute Gasteiger partial charge is 0.494 e. The standard InChI is InChI=1S/C23H25N3O3/c1-3-29-18-9-10-21-19(15-18)22(27)20(16-24(21)2)23(28)26-13-11-25(12-14-26)17-7-5-4-6-8-17/h4-10,15-16H,3,11-14H2,1-2H3. The maximum atomic E-state index is 13.1. The second-order valence-electron chi connectivity index (χ2n) is 7.21. The van der Waals surface area contributed by atoms with Gasteiger partial charge in [0.05, 0.1) is 17.5 Å². The van der Waals surface area contributed by atoms with E-state index in [1.54, 1.807) is 17.2 Å². The van der Waals surface area contributed by atoms with Crippen LogP contribution >= 0.6 is 0 Å². The van der Waals surface area contributed by atoms with Crippen molar-refractivity contribution in [2.24, 2.45) is 7.05 Å². The Morgan fingerprint density at radius 1 is 1.03 bits per heavy atom. The van der Waals surface area contributed by atoms with Crippen molar-refractivity contribution in [2.75, 3.05) is 37.7 Å². The first-order valence-electron chi connectivity index (χ1n) is 9.94. The Morgan fingerprint density at radius 2 is 1.76 bits per heavy atom. The molecule has 0 radical (unpaired) electrons. The van der Waals surface area contributed by atoms with Crippen LogP contribution in [0.2, 0.25) is 0 Å². The average molecular weight is 391 g/mol. The third-order valence-electron chi connectivity index (χ3n) is 5.39. The number of anilines is 1. The molecule has 0 aliphatic carbocycles. The molecular formula is C23H25N3O3. The summed E-state index contributed by atoms with van der Waals surface area (Å²) in [6, 6.07) is 15.6. The fraction of sp³-hybridized carbons (Fsp3) is 0.304. The summed E-state index contributed by atoms with van der Waals surface area (Å²) in [7, 11) is 1.85. The number of amides is 1. The monoisotopic (exact) mass is 391 g/mol. The zero-order valence-corrected chi connectivity index (χ0v) is 16.8. The summed E-state index contributed by atoms with van der Waals surface area (Å²) in [6.07, 6.45) is 1.65. The van der Waals surface area contributed by atoms with E-state index in [0.29, 0.717) is 30.8 Å². The number of rotatable bonds is 4. The maximum Gasteiger partial charge on any atom is 0.259 e. The van der Waals surface area contributed by atoms with Gasteiger partial charge >= 0.3 is 0 Å². The lowest BCUT2D eigenvalue weighted by Crippen LogP contribution is -2.49. The van der Waals surface area contributed by atoms with Crippen LogP contribution in [0.4, 0.5) is 5.69 Å². The zero-order valence-electron chi connectivity index (χ0n) is 16.8. The summed E-state index contributed by atoms with van der Waals surface area (Å²) < 4.78 is 7.36. The quantitative estimate of drug-likeness (QED) is 0.686. The molecule has 0 spiro atoms. The molecule has 6 nitrogen and oxygen atoms in total. The van der Waals surface area contributed by atoms with Crippen molar-refractivity contribution >= 4 is 22.5 Å². The molecule has 1 aromatic heterocycles. The smallest absolute Gasteiger partial charge is 0.259 e. The number of piperazine rings is 1. The van der Waals surface area contributed by atoms with Gasteiger partial charge in [-0.25, -0.2) is 0 Å². The first-order chi connectivity index (χ1) is 14.1. The van der Waals surface area contributed by atoms with Crippen LogP contribution in [0.25, 0.3) is 10.9 Å². The second kappa shape index (κ2) is 7.99. The van der Waals surface area contributed by atoms with E-state index in [1.165, 1.54) is 0 Å². The van der Waals surface area contributed by atoms with Crippen LogP contribution in [0.3, 0.4) is 0 Å². The number of carbonyl (C=O) groups is 1. The summed E-state index contributed by atoms with van der Waals surface area (Å²) in [5, 5.41) is 0.507. The number of aryl methyl sites for hydroxylation is 1. The van der Waals surface area contributed by atoms with Gasteiger partial charge in [0.15, 0.2) is 0 Å². The molecular weight excluding hydrogens is 366 g/mol. The average Bonchev–Trinajstić information content (AvgIpc) is 2.77. The van der Waals surface area contributed by atoms with E-state index in [4.69, 9.17) is 4.74 Å². The van der Waals surface area contributed by atoms with Gasteiger partial charge in [-0.2, -0.15) is 0 Å². The lowest BCUT2D eigenvalue weighted by Gasteiger charge is -2.36. The van der Waals surface area contributed by atoms with Crippen molar-refractivity contribution in [1.29, 1.82) is 0 Å². The zero-order chi connectivity index (χ0) is 20.4. The molecule has 0 unspecified atom stereocenters. The number of benzene rings is 2. The lowest BCUT2D eigenvalue weighted by molar-refractivity contribution is 0.0745. The molecule has 2 heterocycles. The number of nitrogens with zero attached hydrogens (tertiary/aromatic N) is 3. The van der Waals surface area contributed by atoms with Crippen LogP contribution in [0.1, 0.15) is 17.3 Å². The highest BCUT2D eigenvalue weighted by molar-refractivity contribution is 5.97. The van der Waals surface area contributed by atoms with Gasteiger partial charge in [0.2, 0.25) is 5.43 Å². The Hall–Kier alpha value is -3.28. The molecule has 29 heavy (non-hydrogen) atoms. The number of fused-ring (bicyclic) bond motifs is 1. The van der Waals surface area contributed by atoms with Crippen molar-refractivity contribution in [2.45, 2.75) is 6.92 Å². The van der Waals surface area contributed by atoms with Gasteiger partial charge in [-0.1, -0.05) is 18.2 Å². The summed E-state index contributed by atoms with van der Waals surface area (Å²) in [5.41, 5.74) is 1.91. The SMILES string of the molecule is CCOc1ccc2c(c1)c(=O)c(C(=O)N1CCN(c3ccccc3)CC1)cn2C. The van der Waals surface area contributed by atoms with Gasteiger partial charge in [-0.3, -0.25) is 9.59 Å². The summed E-state index contributed by atoms with van der Waals surface area (Å²) in [4.78, 5) is 30.2. The highest BCUT2D eigenvalue weighted by Crippen LogP contribution is 2.20. The number of ether oxygens (including phenoxy) is 1. The van der Waals surface area contributed by atoms with Crippen molar-refractivity contribution in [3.63, 3.8) is 0 Å². The Labute approximate surface area is 169 Å². The fourth-order valence-corrected chi connectivity index (χ4v) is 3.86. The number of aromatic nitrogens is 1. The minimum Gasteiger partial charge on any atom is -0.494 e. The number of hydrogen-bond donors (Lipinski definition) is 0. The Balaban J connectivity index is 1.59. The van der Waals surface area contributed by atoms with Gasteiger partial charge in [0, 0.05) is 45.1 Å².